The number of carbonyl (C=O) groups is 1. The lowest BCUT2D eigenvalue weighted by molar-refractivity contribution is 0.0991. The zero-order valence-corrected chi connectivity index (χ0v) is 13.9. The van der Waals surface area contributed by atoms with Crippen LogP contribution in [0.4, 0.5) is 5.82 Å². The summed E-state index contributed by atoms with van der Waals surface area (Å²) < 4.78 is 7.39. The molecule has 0 aliphatic carbocycles. The molecule has 1 N–H and O–H groups in total. The lowest BCUT2D eigenvalue weighted by atomic mass is 10.1. The molecule has 1 aliphatic heterocycles. The molecular formula is C19H20N4O2. The number of aromatic nitrogens is 3. The van der Waals surface area contributed by atoms with Gasteiger partial charge >= 0.3 is 0 Å². The number of fused-ring (bicyclic) bond motifs is 1. The van der Waals surface area contributed by atoms with Gasteiger partial charge in [0.05, 0.1) is 12.5 Å². The van der Waals surface area contributed by atoms with E-state index in [9.17, 15) is 4.79 Å². The van der Waals surface area contributed by atoms with Gasteiger partial charge in [-0.15, -0.1) is 5.10 Å². The first kappa shape index (κ1) is 15.8. The van der Waals surface area contributed by atoms with Crippen LogP contribution in [0.5, 0.6) is 0 Å². The summed E-state index contributed by atoms with van der Waals surface area (Å²) >= 11 is 0. The van der Waals surface area contributed by atoms with Crippen LogP contribution in [0.1, 0.15) is 29.0 Å². The minimum Gasteiger partial charge on any atom is -0.376 e. The number of rotatable bonds is 6. The van der Waals surface area contributed by atoms with Crippen LogP contribution in [0.15, 0.2) is 48.5 Å². The molecule has 0 spiro atoms. The Morgan fingerprint density at radius 1 is 1.20 bits per heavy atom. The fourth-order valence-electron chi connectivity index (χ4n) is 3.05. The topological polar surface area (TPSA) is 68.5 Å². The van der Waals surface area contributed by atoms with Crippen molar-refractivity contribution in [2.24, 2.45) is 0 Å². The molecule has 6 nitrogen and oxygen atoms in total. The smallest absolute Gasteiger partial charge is 0.170 e. The molecule has 1 unspecified atom stereocenters. The molecule has 4 rings (SSSR count). The number of hydrogen-bond acceptors (Lipinski definition) is 5. The molecule has 0 amide bonds. The molecule has 3 heterocycles. The number of ether oxygens (including phenoxy) is 1. The van der Waals surface area contributed by atoms with Crippen molar-refractivity contribution in [1.82, 2.24) is 14.6 Å². The van der Waals surface area contributed by atoms with Crippen molar-refractivity contribution < 1.29 is 9.53 Å². The van der Waals surface area contributed by atoms with E-state index in [1.54, 1.807) is 4.52 Å². The van der Waals surface area contributed by atoms with E-state index in [0.29, 0.717) is 11.4 Å². The Bertz CT molecular complexity index is 870. The zero-order chi connectivity index (χ0) is 17.1. The van der Waals surface area contributed by atoms with Gasteiger partial charge in [-0.25, -0.2) is 4.98 Å². The van der Waals surface area contributed by atoms with Crippen LogP contribution in [-0.2, 0) is 11.2 Å². The SMILES string of the molecule is O=C(Cc1nc2cccc(NCC3CCCO3)n2n1)c1ccccc1. The average Bonchev–Trinajstić information content (AvgIpc) is 3.30. The van der Waals surface area contributed by atoms with Gasteiger partial charge in [0.25, 0.3) is 0 Å². The highest BCUT2D eigenvalue weighted by molar-refractivity contribution is 5.97. The molecule has 1 aromatic carbocycles. The fourth-order valence-corrected chi connectivity index (χ4v) is 3.05. The Balaban J connectivity index is 1.51. The third-order valence-electron chi connectivity index (χ3n) is 4.35. The highest BCUT2D eigenvalue weighted by Crippen LogP contribution is 2.15. The largest absolute Gasteiger partial charge is 0.376 e. The Kier molecular flexibility index (Phi) is 4.43. The summed E-state index contributed by atoms with van der Waals surface area (Å²) in [6.45, 7) is 1.59. The van der Waals surface area contributed by atoms with Crippen molar-refractivity contribution in [3.05, 3.63) is 59.9 Å². The summed E-state index contributed by atoms with van der Waals surface area (Å²) in [5.41, 5.74) is 1.41. The van der Waals surface area contributed by atoms with Crippen LogP contribution >= 0.6 is 0 Å². The van der Waals surface area contributed by atoms with E-state index in [2.05, 4.69) is 15.4 Å². The number of anilines is 1. The van der Waals surface area contributed by atoms with Crippen molar-refractivity contribution >= 4 is 17.2 Å². The summed E-state index contributed by atoms with van der Waals surface area (Å²) in [5.74, 6) is 1.41. The predicted octanol–water partition coefficient (Wildman–Crippen LogP) is 2.75. The zero-order valence-electron chi connectivity index (χ0n) is 13.9. The van der Waals surface area contributed by atoms with Gasteiger partial charge in [0, 0.05) is 18.7 Å². The van der Waals surface area contributed by atoms with Crippen molar-refractivity contribution in [2.45, 2.75) is 25.4 Å². The standard InChI is InChI=1S/C19H20N4O2/c24-16(14-6-2-1-3-7-14)12-17-21-19-10-4-9-18(23(19)22-17)20-13-15-8-5-11-25-15/h1-4,6-7,9-10,15,20H,5,8,11-13H2. The van der Waals surface area contributed by atoms with E-state index >= 15 is 0 Å². The fraction of sp³-hybridized carbons (Fsp3) is 0.316. The number of Topliss-reactive ketones (excluding diaryl/α,β-unsaturated/α-hetero) is 1. The molecule has 6 heteroatoms. The van der Waals surface area contributed by atoms with Crippen LogP contribution < -0.4 is 5.32 Å². The average molecular weight is 336 g/mol. The third kappa shape index (κ3) is 3.53. The molecule has 0 bridgehead atoms. The minimum absolute atomic E-state index is 0.0189. The lowest BCUT2D eigenvalue weighted by Gasteiger charge is -2.12. The molecule has 0 radical (unpaired) electrons. The summed E-state index contributed by atoms with van der Waals surface area (Å²) in [6.07, 6.45) is 2.64. The summed E-state index contributed by atoms with van der Waals surface area (Å²) in [5, 5.41) is 7.88. The number of carbonyl (C=O) groups excluding carboxylic acids is 1. The number of hydrogen-bond donors (Lipinski definition) is 1. The van der Waals surface area contributed by atoms with Crippen LogP contribution in [0.25, 0.3) is 5.65 Å². The Labute approximate surface area is 145 Å². The second-order valence-corrected chi connectivity index (χ2v) is 6.19. The Morgan fingerprint density at radius 2 is 2.08 bits per heavy atom. The molecule has 3 aromatic rings. The monoisotopic (exact) mass is 336 g/mol. The summed E-state index contributed by atoms with van der Waals surface area (Å²) in [7, 11) is 0. The summed E-state index contributed by atoms with van der Waals surface area (Å²) in [4.78, 5) is 16.8. The first-order chi connectivity index (χ1) is 12.3. The van der Waals surface area contributed by atoms with E-state index in [1.807, 2.05) is 48.5 Å². The van der Waals surface area contributed by atoms with Gasteiger partial charge in [0.1, 0.15) is 5.82 Å². The normalized spacial score (nSPS) is 17.0. The molecule has 1 atom stereocenters. The quantitative estimate of drug-likeness (QED) is 0.701. The van der Waals surface area contributed by atoms with E-state index < -0.39 is 0 Å². The van der Waals surface area contributed by atoms with Crippen molar-refractivity contribution in [2.75, 3.05) is 18.5 Å². The van der Waals surface area contributed by atoms with E-state index in [-0.39, 0.29) is 18.3 Å². The second-order valence-electron chi connectivity index (χ2n) is 6.19. The molecule has 128 valence electrons. The van der Waals surface area contributed by atoms with E-state index in [1.165, 1.54) is 0 Å². The number of nitrogens with zero attached hydrogens (tertiary/aromatic N) is 3. The molecular weight excluding hydrogens is 316 g/mol. The molecule has 2 aromatic heterocycles. The van der Waals surface area contributed by atoms with Crippen LogP contribution in [0, 0.1) is 0 Å². The predicted molar refractivity (Wildman–Crippen MR) is 94.9 cm³/mol. The molecule has 0 saturated carbocycles. The van der Waals surface area contributed by atoms with Gasteiger partial charge in [-0.2, -0.15) is 4.52 Å². The van der Waals surface area contributed by atoms with Crippen LogP contribution in [0.3, 0.4) is 0 Å². The van der Waals surface area contributed by atoms with Gasteiger partial charge in [0.2, 0.25) is 0 Å². The van der Waals surface area contributed by atoms with E-state index in [0.717, 1.165) is 37.5 Å². The first-order valence-corrected chi connectivity index (χ1v) is 8.58. The number of nitrogens with one attached hydrogen (secondary N) is 1. The molecule has 1 aliphatic rings. The van der Waals surface area contributed by atoms with Gasteiger partial charge < -0.3 is 10.1 Å². The van der Waals surface area contributed by atoms with Crippen LogP contribution in [0.2, 0.25) is 0 Å². The van der Waals surface area contributed by atoms with Crippen molar-refractivity contribution in [3.63, 3.8) is 0 Å². The minimum atomic E-state index is 0.0189. The highest BCUT2D eigenvalue weighted by Gasteiger charge is 2.16. The van der Waals surface area contributed by atoms with Crippen molar-refractivity contribution in [3.8, 4) is 0 Å². The van der Waals surface area contributed by atoms with Crippen molar-refractivity contribution in [1.29, 1.82) is 0 Å². The maximum atomic E-state index is 12.4. The maximum Gasteiger partial charge on any atom is 0.170 e. The Hall–Kier alpha value is -2.73. The Morgan fingerprint density at radius 3 is 2.88 bits per heavy atom. The molecule has 25 heavy (non-hydrogen) atoms. The highest BCUT2D eigenvalue weighted by atomic mass is 16.5. The number of ketones is 1. The van der Waals surface area contributed by atoms with Gasteiger partial charge in [0.15, 0.2) is 17.3 Å². The molecule has 1 saturated heterocycles. The number of benzene rings is 1. The molecule has 1 fully saturated rings. The van der Waals surface area contributed by atoms with E-state index in [4.69, 9.17) is 4.74 Å². The van der Waals surface area contributed by atoms with Gasteiger partial charge in [-0.3, -0.25) is 4.79 Å². The van der Waals surface area contributed by atoms with Gasteiger partial charge in [-0.1, -0.05) is 36.4 Å². The first-order valence-electron chi connectivity index (χ1n) is 8.58. The van der Waals surface area contributed by atoms with Gasteiger partial charge in [-0.05, 0) is 25.0 Å². The van der Waals surface area contributed by atoms with Crippen LogP contribution in [-0.4, -0.2) is 39.6 Å². The number of pyridine rings is 1. The maximum absolute atomic E-state index is 12.4. The third-order valence-corrected chi connectivity index (χ3v) is 4.35. The summed E-state index contributed by atoms with van der Waals surface area (Å²) in [6, 6.07) is 15.0. The second kappa shape index (κ2) is 7.03. The lowest BCUT2D eigenvalue weighted by Crippen LogP contribution is -2.19.